The third kappa shape index (κ3) is 22.4. The van der Waals surface area contributed by atoms with Crippen molar-refractivity contribution in [3.63, 3.8) is 0 Å². The average molecular weight is 851 g/mol. The van der Waals surface area contributed by atoms with Crippen LogP contribution in [0.1, 0.15) is 37.8 Å². The van der Waals surface area contributed by atoms with Gasteiger partial charge >= 0.3 is 12.2 Å². The van der Waals surface area contributed by atoms with Crippen LogP contribution in [0, 0.1) is 0 Å². The molecule has 0 aliphatic heterocycles. The van der Waals surface area contributed by atoms with E-state index in [4.69, 9.17) is 56.8 Å². The van der Waals surface area contributed by atoms with E-state index in [9.17, 15) is 9.59 Å². The second-order valence-corrected chi connectivity index (χ2v) is 14.8. The van der Waals surface area contributed by atoms with Crippen LogP contribution in [0.3, 0.4) is 0 Å². The molecule has 340 valence electrons. The van der Waals surface area contributed by atoms with Crippen molar-refractivity contribution in [2.75, 3.05) is 166 Å². The van der Waals surface area contributed by atoms with Crippen LogP contribution in [-0.4, -0.2) is 194 Å². The normalized spacial score (nSPS) is 12.3. The number of hydrogen-bond donors (Lipinski definition) is 0. The van der Waals surface area contributed by atoms with Crippen molar-refractivity contribution in [2.45, 2.75) is 32.3 Å². The molecule has 0 fully saturated rings. The molecule has 0 saturated heterocycles. The monoisotopic (exact) mass is 850 g/mol. The molecule has 0 N–H and O–H groups in total. The Kier molecular flexibility index (Phi) is 26.7. The Morgan fingerprint density at radius 2 is 0.733 bits per heavy atom. The summed E-state index contributed by atoms with van der Waals surface area (Å²) in [6, 6.07) is 16.6. The second-order valence-electron chi connectivity index (χ2n) is 14.8. The number of nitrogens with zero attached hydrogens (tertiary/aromatic N) is 2. The number of likely N-dealkylation sites (N-methyl/N-ethyl adjacent to an activating group) is 2. The number of carbonyl (C=O) groups excluding carboxylic acids is 2. The number of benzene rings is 2. The minimum Gasteiger partial charge on any atom is -0.448 e. The Hall–Kier alpha value is -3.42. The number of fused-ring (bicyclic) bond motifs is 3. The van der Waals surface area contributed by atoms with Gasteiger partial charge in [0.1, 0.15) is 12.2 Å². The van der Waals surface area contributed by atoms with Crippen LogP contribution in [0.25, 0.3) is 11.1 Å². The fraction of sp³-hybridized carbons (Fsp3) is 0.682. The highest BCUT2D eigenvalue weighted by atomic mass is 16.6. The van der Waals surface area contributed by atoms with Crippen molar-refractivity contribution in [1.82, 2.24) is 9.80 Å². The Morgan fingerprint density at radius 3 is 1.05 bits per heavy atom. The summed E-state index contributed by atoms with van der Waals surface area (Å²) in [6.07, 6.45) is -0.737. The van der Waals surface area contributed by atoms with E-state index in [-0.39, 0.29) is 18.1 Å². The largest absolute Gasteiger partial charge is 0.448 e. The number of hydrogen-bond acceptors (Lipinski definition) is 14. The van der Waals surface area contributed by atoms with Crippen molar-refractivity contribution in [1.29, 1.82) is 0 Å². The third-order valence-electron chi connectivity index (χ3n) is 8.84. The summed E-state index contributed by atoms with van der Waals surface area (Å²) in [6.45, 7) is 15.8. The fourth-order valence-corrected chi connectivity index (χ4v) is 5.71. The predicted molar refractivity (Wildman–Crippen MR) is 225 cm³/mol. The maximum atomic E-state index is 12.6. The quantitative estimate of drug-likeness (QED) is 0.0865. The summed E-state index contributed by atoms with van der Waals surface area (Å²) in [5.74, 6) is 0.0339. The highest BCUT2D eigenvalue weighted by Crippen LogP contribution is 2.44. The Morgan fingerprint density at radius 1 is 0.450 bits per heavy atom. The Balaban J connectivity index is 0.960. The van der Waals surface area contributed by atoms with Gasteiger partial charge < -0.3 is 66.6 Å². The summed E-state index contributed by atoms with van der Waals surface area (Å²) in [7, 11) is 3.39. The van der Waals surface area contributed by atoms with Crippen molar-refractivity contribution in [3.8, 4) is 11.1 Å². The van der Waals surface area contributed by atoms with Gasteiger partial charge in [0.05, 0.1) is 132 Å². The topological polar surface area (TPSA) is 151 Å². The van der Waals surface area contributed by atoms with Crippen LogP contribution < -0.4 is 0 Å². The first-order valence-corrected chi connectivity index (χ1v) is 20.9. The van der Waals surface area contributed by atoms with Crippen LogP contribution in [0.2, 0.25) is 0 Å². The lowest BCUT2D eigenvalue weighted by Crippen LogP contribution is -2.36. The number of carbonyl (C=O) groups is 2. The molecule has 0 aromatic heterocycles. The molecule has 1 aliphatic rings. The molecule has 16 heteroatoms. The van der Waals surface area contributed by atoms with E-state index in [1.54, 1.807) is 14.1 Å². The van der Waals surface area contributed by atoms with Gasteiger partial charge in [-0.1, -0.05) is 48.5 Å². The zero-order chi connectivity index (χ0) is 43.1. The van der Waals surface area contributed by atoms with Gasteiger partial charge in [0, 0.05) is 33.1 Å². The molecular weight excluding hydrogens is 780 g/mol. The first-order chi connectivity index (χ1) is 29.2. The van der Waals surface area contributed by atoms with Gasteiger partial charge in [-0.2, -0.15) is 0 Å². The number of rotatable bonds is 35. The lowest BCUT2D eigenvalue weighted by molar-refractivity contribution is -0.0268. The smallest absolute Gasteiger partial charge is 0.410 e. The molecule has 0 saturated carbocycles. The third-order valence-corrected chi connectivity index (χ3v) is 8.84. The van der Waals surface area contributed by atoms with E-state index in [0.29, 0.717) is 152 Å². The molecule has 0 bridgehead atoms. The molecule has 0 radical (unpaired) electrons. The maximum absolute atomic E-state index is 12.6. The molecule has 0 heterocycles. The van der Waals surface area contributed by atoms with Crippen molar-refractivity contribution < 1.29 is 66.4 Å². The molecule has 0 atom stereocenters. The minimum absolute atomic E-state index is 0.0339. The van der Waals surface area contributed by atoms with Crippen molar-refractivity contribution >= 4 is 12.2 Å². The van der Waals surface area contributed by atoms with E-state index in [1.807, 2.05) is 45.0 Å². The molecule has 2 aromatic rings. The lowest BCUT2D eigenvalue weighted by atomic mass is 9.98. The second kappa shape index (κ2) is 31.4. The molecule has 0 spiro atoms. The summed E-state index contributed by atoms with van der Waals surface area (Å²) in [5, 5.41) is 0. The standard InChI is InChI=1S/C44H70N2O14/c1-44(2,3)60-43(48)46(5)15-17-50-19-21-52-23-25-54-27-29-56-31-33-58-35-34-57-32-30-55-28-26-53-24-22-51-20-18-49-16-14-45(4)42(47)59-36-41-39-12-8-6-10-37(39)38-11-7-9-13-40(38)41/h6-13,41H,14-36H2,1-5H3. The van der Waals surface area contributed by atoms with E-state index in [1.165, 1.54) is 32.1 Å². The number of amides is 2. The van der Waals surface area contributed by atoms with Crippen LogP contribution in [0.4, 0.5) is 9.59 Å². The highest BCUT2D eigenvalue weighted by molar-refractivity contribution is 5.79. The fourth-order valence-electron chi connectivity index (χ4n) is 5.71. The van der Waals surface area contributed by atoms with Gasteiger partial charge in [-0.3, -0.25) is 0 Å². The van der Waals surface area contributed by atoms with Gasteiger partial charge in [-0.25, -0.2) is 9.59 Å². The van der Waals surface area contributed by atoms with Gasteiger partial charge in [0.25, 0.3) is 0 Å². The van der Waals surface area contributed by atoms with Crippen LogP contribution in [0.15, 0.2) is 48.5 Å². The molecule has 16 nitrogen and oxygen atoms in total. The summed E-state index contributed by atoms with van der Waals surface area (Å²) in [4.78, 5) is 27.5. The van der Waals surface area contributed by atoms with Gasteiger partial charge in [-0.15, -0.1) is 0 Å². The lowest BCUT2D eigenvalue weighted by Gasteiger charge is -2.24. The molecule has 1 aliphatic carbocycles. The van der Waals surface area contributed by atoms with Crippen LogP contribution >= 0.6 is 0 Å². The molecule has 0 unspecified atom stereocenters. The van der Waals surface area contributed by atoms with Crippen LogP contribution in [-0.2, 0) is 56.8 Å². The molecule has 2 amide bonds. The van der Waals surface area contributed by atoms with Gasteiger partial charge in [-0.05, 0) is 43.0 Å². The molecule has 2 aromatic carbocycles. The van der Waals surface area contributed by atoms with E-state index in [0.717, 1.165) is 0 Å². The zero-order valence-electron chi connectivity index (χ0n) is 36.6. The minimum atomic E-state index is -0.517. The van der Waals surface area contributed by atoms with Crippen molar-refractivity contribution in [3.05, 3.63) is 59.7 Å². The average Bonchev–Trinajstić information content (AvgIpc) is 3.55. The molecule has 3 rings (SSSR count). The SMILES string of the molecule is CN(CCOCCOCCOCCOCCOCCOCCOCCOCCOCCOCCN(C)C(=O)OC(C)(C)C)C(=O)OCC1c2ccccc2-c2ccccc21. The summed E-state index contributed by atoms with van der Waals surface area (Å²) in [5.41, 5.74) is 4.27. The zero-order valence-corrected chi connectivity index (χ0v) is 36.6. The van der Waals surface area contributed by atoms with E-state index < -0.39 is 5.60 Å². The molecular formula is C44H70N2O14. The maximum Gasteiger partial charge on any atom is 0.410 e. The Bertz CT molecular complexity index is 1380. The van der Waals surface area contributed by atoms with Gasteiger partial charge in [0.15, 0.2) is 0 Å². The van der Waals surface area contributed by atoms with Gasteiger partial charge in [0.2, 0.25) is 0 Å². The highest BCUT2D eigenvalue weighted by Gasteiger charge is 2.29. The van der Waals surface area contributed by atoms with Crippen LogP contribution in [0.5, 0.6) is 0 Å². The molecule has 60 heavy (non-hydrogen) atoms. The predicted octanol–water partition coefficient (Wildman–Crippen LogP) is 4.90. The number of ether oxygens (including phenoxy) is 12. The Labute approximate surface area is 356 Å². The summed E-state index contributed by atoms with van der Waals surface area (Å²) >= 11 is 0. The van der Waals surface area contributed by atoms with E-state index in [2.05, 4.69) is 24.3 Å². The van der Waals surface area contributed by atoms with E-state index >= 15 is 0 Å². The first kappa shape index (κ1) is 50.9. The first-order valence-electron chi connectivity index (χ1n) is 20.9. The van der Waals surface area contributed by atoms with Crippen molar-refractivity contribution in [2.24, 2.45) is 0 Å². The summed E-state index contributed by atoms with van der Waals surface area (Å²) < 4.78 is 66.2.